The second-order valence-corrected chi connectivity index (χ2v) is 6.28. The summed E-state index contributed by atoms with van der Waals surface area (Å²) in [6.07, 6.45) is 2.34. The van der Waals surface area contributed by atoms with Crippen LogP contribution in [-0.2, 0) is 11.2 Å². The molecule has 0 atom stereocenters. The first-order valence-electron chi connectivity index (χ1n) is 7.60. The first-order valence-corrected chi connectivity index (χ1v) is 7.60. The van der Waals surface area contributed by atoms with E-state index in [0.29, 0.717) is 12.1 Å². The molecule has 116 valence electrons. The minimum Gasteiger partial charge on any atom is -0.369 e. The Kier molecular flexibility index (Phi) is 2.98. The molecule has 0 unspecified atom stereocenters. The number of aromatic nitrogens is 2. The maximum Gasteiger partial charge on any atom is 0.223 e. The number of benzene rings is 2. The summed E-state index contributed by atoms with van der Waals surface area (Å²) in [6, 6.07) is 12.3. The molecule has 0 spiro atoms. The van der Waals surface area contributed by atoms with Crippen molar-refractivity contribution in [3.63, 3.8) is 0 Å². The largest absolute Gasteiger partial charge is 0.369 e. The van der Waals surface area contributed by atoms with Crippen LogP contribution in [0, 0.1) is 11.2 Å². The molecule has 3 aromatic rings. The molecular weight excluding hydrogens is 293 g/mol. The number of carbonyl (C=O) groups excluding carboxylic acids is 1. The van der Waals surface area contributed by atoms with Gasteiger partial charge in [-0.1, -0.05) is 18.2 Å². The number of nitrogens with one attached hydrogen (secondary N) is 1. The minimum absolute atomic E-state index is 0.227. The number of rotatable bonds is 4. The van der Waals surface area contributed by atoms with E-state index in [0.717, 1.165) is 34.9 Å². The Morgan fingerprint density at radius 3 is 2.78 bits per heavy atom. The molecule has 0 saturated heterocycles. The summed E-state index contributed by atoms with van der Waals surface area (Å²) in [5.74, 6) is -0.518. The van der Waals surface area contributed by atoms with E-state index < -0.39 is 0 Å². The van der Waals surface area contributed by atoms with Crippen molar-refractivity contribution in [3.05, 3.63) is 53.8 Å². The zero-order valence-electron chi connectivity index (χ0n) is 12.5. The number of amides is 1. The summed E-state index contributed by atoms with van der Waals surface area (Å²) in [5.41, 5.74) is 8.51. The number of halogens is 1. The van der Waals surface area contributed by atoms with Gasteiger partial charge < -0.3 is 5.73 Å². The topological polar surface area (TPSA) is 71.8 Å². The number of fused-ring (bicyclic) bond motifs is 1. The summed E-state index contributed by atoms with van der Waals surface area (Å²) in [6.45, 7) is 0. The summed E-state index contributed by atoms with van der Waals surface area (Å²) >= 11 is 0. The highest BCUT2D eigenvalue weighted by Crippen LogP contribution is 2.48. The number of aromatic amines is 1. The van der Waals surface area contributed by atoms with Gasteiger partial charge in [0.15, 0.2) is 0 Å². The van der Waals surface area contributed by atoms with Crippen LogP contribution < -0.4 is 5.73 Å². The molecule has 1 amide bonds. The Morgan fingerprint density at radius 2 is 2.09 bits per heavy atom. The molecule has 1 saturated carbocycles. The van der Waals surface area contributed by atoms with Gasteiger partial charge in [-0.05, 0) is 49.1 Å². The molecule has 1 heterocycles. The highest BCUT2D eigenvalue weighted by atomic mass is 19.1. The second kappa shape index (κ2) is 4.91. The quantitative estimate of drug-likeness (QED) is 0.777. The van der Waals surface area contributed by atoms with E-state index >= 15 is 0 Å². The predicted molar refractivity (Wildman–Crippen MR) is 86.1 cm³/mol. The summed E-state index contributed by atoms with van der Waals surface area (Å²) in [5, 5.41) is 8.21. The van der Waals surface area contributed by atoms with Crippen LogP contribution in [0.3, 0.4) is 0 Å². The van der Waals surface area contributed by atoms with E-state index in [-0.39, 0.29) is 17.1 Å². The maximum atomic E-state index is 13.5. The fraction of sp³-hybridized carbons (Fsp3) is 0.222. The molecule has 23 heavy (non-hydrogen) atoms. The fourth-order valence-corrected chi connectivity index (χ4v) is 3.08. The van der Waals surface area contributed by atoms with Gasteiger partial charge >= 0.3 is 0 Å². The third kappa shape index (κ3) is 2.38. The van der Waals surface area contributed by atoms with Gasteiger partial charge in [0.2, 0.25) is 5.91 Å². The monoisotopic (exact) mass is 309 g/mol. The third-order valence-corrected chi connectivity index (χ3v) is 4.64. The number of hydrogen-bond donors (Lipinski definition) is 2. The van der Waals surface area contributed by atoms with Crippen LogP contribution in [0.1, 0.15) is 18.4 Å². The number of carbonyl (C=O) groups is 1. The fourth-order valence-electron chi connectivity index (χ4n) is 3.08. The highest BCUT2D eigenvalue weighted by molar-refractivity contribution is 5.93. The lowest BCUT2D eigenvalue weighted by Crippen LogP contribution is -2.26. The molecule has 2 aromatic carbocycles. The smallest absolute Gasteiger partial charge is 0.223 e. The molecule has 5 heteroatoms. The van der Waals surface area contributed by atoms with Crippen molar-refractivity contribution in [2.24, 2.45) is 11.1 Å². The molecule has 0 radical (unpaired) electrons. The summed E-state index contributed by atoms with van der Waals surface area (Å²) in [7, 11) is 0. The van der Waals surface area contributed by atoms with Gasteiger partial charge in [0.05, 0.1) is 10.9 Å². The molecule has 1 aliphatic rings. The van der Waals surface area contributed by atoms with E-state index in [1.807, 2.05) is 24.3 Å². The van der Waals surface area contributed by atoms with E-state index in [2.05, 4.69) is 10.2 Å². The molecular formula is C18H16FN3O. The minimum atomic E-state index is -0.379. The zero-order valence-corrected chi connectivity index (χ0v) is 12.5. The van der Waals surface area contributed by atoms with Gasteiger partial charge in [0.25, 0.3) is 0 Å². The van der Waals surface area contributed by atoms with Crippen molar-refractivity contribution >= 4 is 16.8 Å². The molecule has 1 fully saturated rings. The van der Waals surface area contributed by atoms with Gasteiger partial charge in [0.1, 0.15) is 11.5 Å². The Bertz CT molecular complexity index is 912. The van der Waals surface area contributed by atoms with E-state index in [1.165, 1.54) is 12.1 Å². The van der Waals surface area contributed by atoms with Crippen LogP contribution in [0.15, 0.2) is 42.5 Å². The van der Waals surface area contributed by atoms with Gasteiger partial charge in [-0.25, -0.2) is 4.39 Å². The zero-order chi connectivity index (χ0) is 16.0. The van der Waals surface area contributed by atoms with Crippen molar-refractivity contribution < 1.29 is 9.18 Å². The van der Waals surface area contributed by atoms with Crippen molar-refractivity contribution in [2.75, 3.05) is 0 Å². The normalized spacial score (nSPS) is 15.7. The Morgan fingerprint density at radius 1 is 1.26 bits per heavy atom. The van der Waals surface area contributed by atoms with Crippen LogP contribution in [0.2, 0.25) is 0 Å². The first-order chi connectivity index (χ1) is 11.1. The molecule has 1 aliphatic carbocycles. The van der Waals surface area contributed by atoms with Gasteiger partial charge in [-0.3, -0.25) is 9.89 Å². The van der Waals surface area contributed by atoms with Gasteiger partial charge in [-0.2, -0.15) is 5.10 Å². The van der Waals surface area contributed by atoms with Gasteiger partial charge in [0, 0.05) is 10.9 Å². The van der Waals surface area contributed by atoms with Gasteiger partial charge in [-0.15, -0.1) is 0 Å². The van der Waals surface area contributed by atoms with E-state index in [4.69, 9.17) is 5.73 Å². The van der Waals surface area contributed by atoms with Crippen LogP contribution >= 0.6 is 0 Å². The number of primary amides is 1. The van der Waals surface area contributed by atoms with E-state index in [9.17, 15) is 9.18 Å². The summed E-state index contributed by atoms with van der Waals surface area (Å²) in [4.78, 5) is 11.6. The maximum absolute atomic E-state index is 13.5. The number of H-pyrrole nitrogens is 1. The molecule has 3 N–H and O–H groups in total. The molecule has 0 aliphatic heterocycles. The predicted octanol–water partition coefficient (Wildman–Crippen LogP) is 3.18. The van der Waals surface area contributed by atoms with Crippen molar-refractivity contribution in [1.82, 2.24) is 10.2 Å². The summed E-state index contributed by atoms with van der Waals surface area (Å²) < 4.78 is 13.5. The Balaban J connectivity index is 1.76. The van der Waals surface area contributed by atoms with Crippen molar-refractivity contribution in [3.8, 4) is 11.3 Å². The second-order valence-electron chi connectivity index (χ2n) is 6.28. The average Bonchev–Trinajstić information content (AvgIpc) is 3.19. The number of nitrogens with zero attached hydrogens (tertiary/aromatic N) is 1. The first kappa shape index (κ1) is 13.9. The highest BCUT2D eigenvalue weighted by Gasteiger charge is 2.48. The van der Waals surface area contributed by atoms with Crippen molar-refractivity contribution in [2.45, 2.75) is 19.3 Å². The number of hydrogen-bond acceptors (Lipinski definition) is 2. The number of nitrogens with two attached hydrogens (primary N) is 1. The van der Waals surface area contributed by atoms with Crippen LogP contribution in [-0.4, -0.2) is 16.1 Å². The van der Waals surface area contributed by atoms with Crippen molar-refractivity contribution in [1.29, 1.82) is 0 Å². The lowest BCUT2D eigenvalue weighted by atomic mass is 9.94. The van der Waals surface area contributed by atoms with Crippen LogP contribution in [0.25, 0.3) is 22.2 Å². The molecule has 4 nitrogen and oxygen atoms in total. The third-order valence-electron chi connectivity index (χ3n) is 4.64. The molecule has 0 bridgehead atoms. The molecule has 4 rings (SSSR count). The van der Waals surface area contributed by atoms with Crippen LogP contribution in [0.5, 0.6) is 0 Å². The van der Waals surface area contributed by atoms with Crippen LogP contribution in [0.4, 0.5) is 4.39 Å². The Hall–Kier alpha value is -2.69. The molecule has 1 aromatic heterocycles. The average molecular weight is 309 g/mol. The Labute approximate surface area is 132 Å². The SMILES string of the molecule is NC(=O)C1(Cc2ccc3[nH]nc(-c4cccc(F)c4)c3c2)CC1. The lowest BCUT2D eigenvalue weighted by Gasteiger charge is -2.10. The van der Waals surface area contributed by atoms with E-state index in [1.54, 1.807) is 6.07 Å². The lowest BCUT2D eigenvalue weighted by molar-refractivity contribution is -0.123. The standard InChI is InChI=1S/C18H16FN3O/c19-13-3-1-2-12(9-13)16-14-8-11(4-5-15(14)21-22-16)10-18(6-7-18)17(20)23/h1-5,8-9H,6-7,10H2,(H2,20,23)(H,21,22).